The summed E-state index contributed by atoms with van der Waals surface area (Å²) in [5, 5.41) is 20.1. The standard InChI is InChI=1S/C13H14O4/c1-2-16-13(14)11-4-3-10-8-12(17-15)6-5-9(10)7-11/h3-8,13-15H,2H2,1H3. The van der Waals surface area contributed by atoms with Crippen molar-refractivity contribution in [3.05, 3.63) is 42.0 Å². The second-order valence-corrected chi connectivity index (χ2v) is 3.67. The molecule has 0 aromatic heterocycles. The molecule has 0 saturated carbocycles. The number of hydrogen-bond acceptors (Lipinski definition) is 4. The van der Waals surface area contributed by atoms with Gasteiger partial charge in [0.25, 0.3) is 0 Å². The van der Waals surface area contributed by atoms with Crippen LogP contribution in [0.4, 0.5) is 0 Å². The zero-order valence-corrected chi connectivity index (χ0v) is 9.46. The van der Waals surface area contributed by atoms with Gasteiger partial charge in [0.05, 0.1) is 0 Å². The van der Waals surface area contributed by atoms with Gasteiger partial charge in [0.2, 0.25) is 0 Å². The summed E-state index contributed by atoms with van der Waals surface area (Å²) in [7, 11) is 0. The summed E-state index contributed by atoms with van der Waals surface area (Å²) in [4.78, 5) is 4.16. The third-order valence-corrected chi connectivity index (χ3v) is 2.55. The van der Waals surface area contributed by atoms with Crippen LogP contribution in [0.5, 0.6) is 5.75 Å². The van der Waals surface area contributed by atoms with Gasteiger partial charge >= 0.3 is 0 Å². The lowest BCUT2D eigenvalue weighted by molar-refractivity contribution is -0.137. The smallest absolute Gasteiger partial charge is 0.181 e. The Hall–Kier alpha value is -1.62. The number of benzene rings is 2. The maximum atomic E-state index is 9.69. The van der Waals surface area contributed by atoms with Crippen molar-refractivity contribution in [3.63, 3.8) is 0 Å². The summed E-state index contributed by atoms with van der Waals surface area (Å²) in [5.41, 5.74) is 0.706. The first kappa shape index (κ1) is 11.9. The van der Waals surface area contributed by atoms with E-state index in [-0.39, 0.29) is 0 Å². The summed E-state index contributed by atoms with van der Waals surface area (Å²) in [6, 6.07) is 10.6. The maximum absolute atomic E-state index is 9.69. The van der Waals surface area contributed by atoms with Crippen LogP contribution >= 0.6 is 0 Å². The van der Waals surface area contributed by atoms with Crippen LogP contribution in [-0.2, 0) is 4.74 Å². The van der Waals surface area contributed by atoms with Gasteiger partial charge in [-0.3, -0.25) is 0 Å². The van der Waals surface area contributed by atoms with Crippen molar-refractivity contribution in [1.82, 2.24) is 0 Å². The van der Waals surface area contributed by atoms with Crippen LogP contribution in [-0.4, -0.2) is 17.0 Å². The van der Waals surface area contributed by atoms with E-state index < -0.39 is 6.29 Å². The molecule has 0 radical (unpaired) electrons. The highest BCUT2D eigenvalue weighted by Gasteiger charge is 2.07. The minimum absolute atomic E-state index is 0.385. The SMILES string of the molecule is CCOC(O)c1ccc2cc(OO)ccc2c1. The van der Waals surface area contributed by atoms with Crippen LogP contribution in [0.25, 0.3) is 10.8 Å². The van der Waals surface area contributed by atoms with E-state index in [2.05, 4.69) is 4.89 Å². The molecule has 0 fully saturated rings. The van der Waals surface area contributed by atoms with Gasteiger partial charge in [0, 0.05) is 12.2 Å². The van der Waals surface area contributed by atoms with Gasteiger partial charge < -0.3 is 14.7 Å². The van der Waals surface area contributed by atoms with E-state index in [0.29, 0.717) is 17.9 Å². The van der Waals surface area contributed by atoms with Crippen molar-refractivity contribution >= 4 is 10.8 Å². The molecule has 17 heavy (non-hydrogen) atoms. The molecule has 0 spiro atoms. The van der Waals surface area contributed by atoms with E-state index >= 15 is 0 Å². The van der Waals surface area contributed by atoms with Crippen molar-refractivity contribution in [1.29, 1.82) is 0 Å². The molecular weight excluding hydrogens is 220 g/mol. The fourth-order valence-electron chi connectivity index (χ4n) is 1.71. The molecular formula is C13H14O4. The number of fused-ring (bicyclic) bond motifs is 1. The second kappa shape index (κ2) is 5.14. The van der Waals surface area contributed by atoms with E-state index in [1.54, 1.807) is 18.2 Å². The zero-order valence-electron chi connectivity index (χ0n) is 9.46. The highest BCUT2D eigenvalue weighted by Crippen LogP contribution is 2.24. The molecule has 0 aliphatic carbocycles. The molecule has 2 aromatic carbocycles. The molecule has 0 aliphatic rings. The Morgan fingerprint density at radius 2 is 1.82 bits per heavy atom. The number of aliphatic hydroxyl groups is 1. The van der Waals surface area contributed by atoms with Crippen LogP contribution in [0.3, 0.4) is 0 Å². The van der Waals surface area contributed by atoms with Gasteiger partial charge in [-0.05, 0) is 35.9 Å². The predicted molar refractivity (Wildman–Crippen MR) is 63.8 cm³/mol. The average Bonchev–Trinajstić information content (AvgIpc) is 2.37. The molecule has 90 valence electrons. The van der Waals surface area contributed by atoms with Crippen molar-refractivity contribution in [2.45, 2.75) is 13.2 Å². The fourth-order valence-corrected chi connectivity index (χ4v) is 1.71. The van der Waals surface area contributed by atoms with E-state index in [9.17, 15) is 5.11 Å². The first-order valence-electron chi connectivity index (χ1n) is 5.39. The Labute approximate surface area is 99.0 Å². The van der Waals surface area contributed by atoms with E-state index in [4.69, 9.17) is 9.99 Å². The monoisotopic (exact) mass is 234 g/mol. The summed E-state index contributed by atoms with van der Waals surface area (Å²) in [5.74, 6) is 0.385. The Bertz CT molecular complexity index is 510. The average molecular weight is 234 g/mol. The highest BCUT2D eigenvalue weighted by atomic mass is 17.1. The first-order valence-corrected chi connectivity index (χ1v) is 5.39. The van der Waals surface area contributed by atoms with Gasteiger partial charge in [-0.25, -0.2) is 5.26 Å². The number of ether oxygens (including phenoxy) is 1. The number of hydrogen-bond donors (Lipinski definition) is 2. The summed E-state index contributed by atoms with van der Waals surface area (Å²) in [6.07, 6.45) is -0.904. The minimum atomic E-state index is -0.904. The minimum Gasteiger partial charge on any atom is -0.364 e. The molecule has 1 atom stereocenters. The lowest BCUT2D eigenvalue weighted by Gasteiger charge is -2.11. The molecule has 0 bridgehead atoms. The molecule has 2 rings (SSSR count). The second-order valence-electron chi connectivity index (χ2n) is 3.67. The first-order chi connectivity index (χ1) is 8.24. The van der Waals surface area contributed by atoms with E-state index in [1.807, 2.05) is 25.1 Å². The molecule has 4 nitrogen and oxygen atoms in total. The van der Waals surface area contributed by atoms with Crippen LogP contribution in [0.2, 0.25) is 0 Å². The van der Waals surface area contributed by atoms with Crippen LogP contribution in [0.1, 0.15) is 18.8 Å². The third-order valence-electron chi connectivity index (χ3n) is 2.55. The van der Waals surface area contributed by atoms with Crippen LogP contribution < -0.4 is 4.89 Å². The number of aliphatic hydroxyl groups excluding tert-OH is 1. The van der Waals surface area contributed by atoms with Crippen molar-refractivity contribution in [2.24, 2.45) is 0 Å². The lowest BCUT2D eigenvalue weighted by atomic mass is 10.1. The Kier molecular flexibility index (Phi) is 3.58. The molecule has 0 saturated heterocycles. The number of rotatable bonds is 4. The van der Waals surface area contributed by atoms with E-state index in [1.165, 1.54) is 0 Å². The molecule has 0 amide bonds. The van der Waals surface area contributed by atoms with Crippen LogP contribution in [0.15, 0.2) is 36.4 Å². The Morgan fingerprint density at radius 1 is 1.12 bits per heavy atom. The topological polar surface area (TPSA) is 58.9 Å². The Balaban J connectivity index is 2.37. The lowest BCUT2D eigenvalue weighted by Crippen LogP contribution is -2.02. The Morgan fingerprint density at radius 3 is 2.53 bits per heavy atom. The summed E-state index contributed by atoms with van der Waals surface area (Å²) < 4.78 is 5.11. The van der Waals surface area contributed by atoms with Gasteiger partial charge in [-0.15, -0.1) is 0 Å². The quantitative estimate of drug-likeness (QED) is 0.485. The van der Waals surface area contributed by atoms with Crippen molar-refractivity contribution < 1.29 is 20.0 Å². The molecule has 0 aliphatic heterocycles. The predicted octanol–water partition coefficient (Wildman–Crippen LogP) is 2.72. The van der Waals surface area contributed by atoms with E-state index in [0.717, 1.165) is 10.8 Å². The van der Waals surface area contributed by atoms with Crippen molar-refractivity contribution in [2.75, 3.05) is 6.61 Å². The van der Waals surface area contributed by atoms with Crippen LogP contribution in [0, 0.1) is 0 Å². The molecule has 2 N–H and O–H groups in total. The maximum Gasteiger partial charge on any atom is 0.181 e. The van der Waals surface area contributed by atoms with Gasteiger partial charge in [0.1, 0.15) is 0 Å². The largest absolute Gasteiger partial charge is 0.364 e. The molecule has 4 heteroatoms. The molecule has 2 aromatic rings. The zero-order chi connectivity index (χ0) is 12.3. The third kappa shape index (κ3) is 2.55. The molecule has 1 unspecified atom stereocenters. The molecule has 0 heterocycles. The van der Waals surface area contributed by atoms with Gasteiger partial charge in [0.15, 0.2) is 12.0 Å². The normalized spacial score (nSPS) is 12.6. The fraction of sp³-hybridized carbons (Fsp3) is 0.231. The van der Waals surface area contributed by atoms with Gasteiger partial charge in [-0.1, -0.05) is 18.2 Å². The summed E-state index contributed by atoms with van der Waals surface area (Å²) in [6.45, 7) is 2.28. The van der Waals surface area contributed by atoms with Crippen molar-refractivity contribution in [3.8, 4) is 5.75 Å². The highest BCUT2D eigenvalue weighted by molar-refractivity contribution is 5.84. The summed E-state index contributed by atoms with van der Waals surface area (Å²) >= 11 is 0. The van der Waals surface area contributed by atoms with Gasteiger partial charge in [-0.2, -0.15) is 0 Å².